The van der Waals surface area contributed by atoms with E-state index in [1.165, 1.54) is 16.7 Å². The lowest BCUT2D eigenvalue weighted by Gasteiger charge is -2.34. The number of hydrogen-bond acceptors (Lipinski definition) is 3. The third-order valence-electron chi connectivity index (χ3n) is 5.51. The van der Waals surface area contributed by atoms with Gasteiger partial charge in [-0.1, -0.05) is 68.4 Å². The van der Waals surface area contributed by atoms with E-state index in [4.69, 9.17) is 9.84 Å². The lowest BCUT2D eigenvalue weighted by molar-refractivity contribution is -0.137. The number of nitrogens with zero attached hydrogens (tertiary/aromatic N) is 1. The minimum absolute atomic E-state index is 0.0713. The molecule has 4 nitrogen and oxygen atoms in total. The molecule has 0 amide bonds. The van der Waals surface area contributed by atoms with Crippen LogP contribution in [0.25, 0.3) is 0 Å². The molecule has 3 rings (SSSR count). The Balaban J connectivity index is 1.68. The highest BCUT2D eigenvalue weighted by Crippen LogP contribution is 2.31. The van der Waals surface area contributed by atoms with Crippen molar-refractivity contribution in [1.82, 2.24) is 4.90 Å². The highest BCUT2D eigenvalue weighted by molar-refractivity contribution is 5.66. The number of carboxylic acids is 1. The molecule has 4 heteroatoms. The fourth-order valence-electron chi connectivity index (χ4n) is 3.75. The van der Waals surface area contributed by atoms with E-state index in [1.54, 1.807) is 0 Å². The molecule has 1 N–H and O–H groups in total. The molecule has 150 valence electrons. The minimum atomic E-state index is -0.729. The molecule has 28 heavy (non-hydrogen) atoms. The van der Waals surface area contributed by atoms with Gasteiger partial charge < -0.3 is 14.7 Å². The molecule has 1 fully saturated rings. The average molecular weight is 382 g/mol. The second-order valence-electron chi connectivity index (χ2n) is 7.93. The summed E-state index contributed by atoms with van der Waals surface area (Å²) < 4.78 is 6.59. The van der Waals surface area contributed by atoms with Crippen LogP contribution in [0.15, 0.2) is 54.6 Å². The van der Waals surface area contributed by atoms with Crippen LogP contribution in [0.5, 0.6) is 0 Å². The number of ether oxygens (including phenoxy) is 1. The largest absolute Gasteiger partial charge is 0.481 e. The van der Waals surface area contributed by atoms with Crippen LogP contribution in [0.1, 0.15) is 61.8 Å². The number of likely N-dealkylation sites (tertiary alicyclic amines) is 1. The first-order chi connectivity index (χ1) is 13.5. The van der Waals surface area contributed by atoms with Crippen molar-refractivity contribution in [2.45, 2.75) is 51.2 Å². The zero-order valence-electron chi connectivity index (χ0n) is 16.9. The normalized spacial score (nSPS) is 17.0. The summed E-state index contributed by atoms with van der Waals surface area (Å²) in [7, 11) is 0. The van der Waals surface area contributed by atoms with Crippen molar-refractivity contribution in [3.05, 3.63) is 71.3 Å². The van der Waals surface area contributed by atoms with E-state index in [-0.39, 0.29) is 18.6 Å². The van der Waals surface area contributed by atoms with Crippen molar-refractivity contribution in [3.63, 3.8) is 0 Å². The van der Waals surface area contributed by atoms with Gasteiger partial charge in [-0.05, 0) is 35.4 Å². The van der Waals surface area contributed by atoms with E-state index >= 15 is 0 Å². The van der Waals surface area contributed by atoms with Crippen LogP contribution in [0.2, 0.25) is 0 Å². The van der Waals surface area contributed by atoms with Gasteiger partial charge in [0.1, 0.15) is 6.10 Å². The molecule has 0 bridgehead atoms. The van der Waals surface area contributed by atoms with Gasteiger partial charge in [-0.3, -0.25) is 4.79 Å². The van der Waals surface area contributed by atoms with Crippen molar-refractivity contribution in [2.75, 3.05) is 19.6 Å². The summed E-state index contributed by atoms with van der Waals surface area (Å²) in [4.78, 5) is 13.0. The van der Waals surface area contributed by atoms with Gasteiger partial charge in [-0.2, -0.15) is 0 Å². The minimum Gasteiger partial charge on any atom is -0.481 e. The Hall–Kier alpha value is -2.17. The fraction of sp³-hybridized carbons (Fsp3) is 0.458. The van der Waals surface area contributed by atoms with Gasteiger partial charge in [-0.15, -0.1) is 0 Å². The molecule has 1 saturated heterocycles. The second-order valence-corrected chi connectivity index (χ2v) is 7.93. The summed E-state index contributed by atoms with van der Waals surface area (Å²) in [6.07, 6.45) is 2.20. The van der Waals surface area contributed by atoms with E-state index in [0.29, 0.717) is 12.5 Å². The molecule has 1 aliphatic rings. The predicted molar refractivity (Wildman–Crippen MR) is 112 cm³/mol. The number of benzene rings is 2. The van der Waals surface area contributed by atoms with E-state index in [1.807, 2.05) is 6.07 Å². The zero-order valence-corrected chi connectivity index (χ0v) is 16.9. The van der Waals surface area contributed by atoms with Crippen LogP contribution in [-0.4, -0.2) is 41.7 Å². The molecule has 1 unspecified atom stereocenters. The molecule has 0 saturated carbocycles. The van der Waals surface area contributed by atoms with Crippen LogP contribution in [0.4, 0.5) is 0 Å². The molecule has 0 spiro atoms. The summed E-state index contributed by atoms with van der Waals surface area (Å²) in [6, 6.07) is 19.2. The highest BCUT2D eigenvalue weighted by Gasteiger charge is 2.25. The SMILES string of the molecule is CC(C)c1ccc(C(OC2CCN(CCC(=O)O)CC2)c2ccccc2)cc1. The lowest BCUT2D eigenvalue weighted by atomic mass is 9.96. The maximum Gasteiger partial charge on any atom is 0.304 e. The Morgan fingerprint density at radius 2 is 1.57 bits per heavy atom. The molecular weight excluding hydrogens is 350 g/mol. The van der Waals surface area contributed by atoms with Gasteiger partial charge in [0.05, 0.1) is 12.5 Å². The van der Waals surface area contributed by atoms with Gasteiger partial charge >= 0.3 is 5.97 Å². The van der Waals surface area contributed by atoms with Crippen molar-refractivity contribution < 1.29 is 14.6 Å². The number of carbonyl (C=O) groups is 1. The first kappa shape index (κ1) is 20.6. The molecule has 0 radical (unpaired) electrons. The van der Waals surface area contributed by atoms with Gasteiger partial charge in [0, 0.05) is 19.6 Å². The molecular formula is C24H31NO3. The number of carboxylic acid groups (broad SMARTS) is 1. The highest BCUT2D eigenvalue weighted by atomic mass is 16.5. The first-order valence-electron chi connectivity index (χ1n) is 10.3. The molecule has 2 aromatic rings. The lowest BCUT2D eigenvalue weighted by Crippen LogP contribution is -2.38. The monoisotopic (exact) mass is 381 g/mol. The van der Waals surface area contributed by atoms with Gasteiger partial charge in [0.2, 0.25) is 0 Å². The first-order valence-corrected chi connectivity index (χ1v) is 10.3. The molecule has 1 aliphatic heterocycles. The van der Waals surface area contributed by atoms with Crippen molar-refractivity contribution in [2.24, 2.45) is 0 Å². The second kappa shape index (κ2) is 9.85. The van der Waals surface area contributed by atoms with E-state index in [0.717, 1.165) is 25.9 Å². The van der Waals surface area contributed by atoms with E-state index < -0.39 is 5.97 Å². The average Bonchev–Trinajstić information content (AvgIpc) is 2.72. The number of piperidine rings is 1. The van der Waals surface area contributed by atoms with Gasteiger partial charge in [0.25, 0.3) is 0 Å². The Morgan fingerprint density at radius 1 is 1.00 bits per heavy atom. The predicted octanol–water partition coefficient (Wildman–Crippen LogP) is 4.86. The van der Waals surface area contributed by atoms with E-state index in [2.05, 4.69) is 67.3 Å². The molecule has 1 heterocycles. The van der Waals surface area contributed by atoms with Gasteiger partial charge in [0.15, 0.2) is 0 Å². The zero-order chi connectivity index (χ0) is 19.9. The van der Waals surface area contributed by atoms with Crippen molar-refractivity contribution in [3.8, 4) is 0 Å². The quantitative estimate of drug-likeness (QED) is 0.710. The fourth-order valence-corrected chi connectivity index (χ4v) is 3.75. The standard InChI is InChI=1S/C24H31NO3/c1-18(2)19-8-10-21(11-9-19)24(20-6-4-3-5-7-20)28-22-12-15-25(16-13-22)17-14-23(26)27/h3-11,18,22,24H,12-17H2,1-2H3,(H,26,27). The Morgan fingerprint density at radius 3 is 2.14 bits per heavy atom. The van der Waals surface area contributed by atoms with Crippen LogP contribution in [-0.2, 0) is 9.53 Å². The maximum atomic E-state index is 10.8. The Kier molecular flexibility index (Phi) is 7.24. The summed E-state index contributed by atoms with van der Waals surface area (Å²) >= 11 is 0. The maximum absolute atomic E-state index is 10.8. The van der Waals surface area contributed by atoms with Crippen molar-refractivity contribution in [1.29, 1.82) is 0 Å². The molecule has 1 atom stereocenters. The summed E-state index contributed by atoms with van der Waals surface area (Å²) in [5.41, 5.74) is 3.69. The Bertz CT molecular complexity index is 734. The smallest absolute Gasteiger partial charge is 0.304 e. The molecule has 0 aliphatic carbocycles. The van der Waals surface area contributed by atoms with Gasteiger partial charge in [-0.25, -0.2) is 0 Å². The molecule has 0 aromatic heterocycles. The summed E-state index contributed by atoms with van der Waals surface area (Å²) in [5.74, 6) is -0.215. The Labute approximate surface area is 168 Å². The third-order valence-corrected chi connectivity index (χ3v) is 5.51. The number of hydrogen-bond donors (Lipinski definition) is 1. The third kappa shape index (κ3) is 5.66. The number of rotatable bonds is 8. The van der Waals surface area contributed by atoms with Crippen molar-refractivity contribution >= 4 is 5.97 Å². The van der Waals surface area contributed by atoms with Crippen LogP contribution in [0, 0.1) is 0 Å². The van der Waals surface area contributed by atoms with E-state index in [9.17, 15) is 4.79 Å². The molecule has 2 aromatic carbocycles. The van der Waals surface area contributed by atoms with Crippen LogP contribution >= 0.6 is 0 Å². The summed E-state index contributed by atoms with van der Waals surface area (Å²) in [6.45, 7) is 6.83. The topological polar surface area (TPSA) is 49.8 Å². The number of aliphatic carboxylic acids is 1. The summed E-state index contributed by atoms with van der Waals surface area (Å²) in [5, 5.41) is 8.87. The van der Waals surface area contributed by atoms with Crippen LogP contribution in [0.3, 0.4) is 0 Å². The van der Waals surface area contributed by atoms with Crippen LogP contribution < -0.4 is 0 Å².